The zero-order valence-corrected chi connectivity index (χ0v) is 12.5. The summed E-state index contributed by atoms with van der Waals surface area (Å²) in [7, 11) is 0. The van der Waals surface area contributed by atoms with Crippen LogP contribution in [0.25, 0.3) is 0 Å². The Bertz CT molecular complexity index is 379. The van der Waals surface area contributed by atoms with Crippen molar-refractivity contribution in [3.05, 3.63) is 34.9 Å². The van der Waals surface area contributed by atoms with Gasteiger partial charge < -0.3 is 5.32 Å². The normalized spacial score (nSPS) is 10.4. The molecule has 0 saturated carbocycles. The van der Waals surface area contributed by atoms with Crippen molar-refractivity contribution in [1.29, 1.82) is 0 Å². The van der Waals surface area contributed by atoms with E-state index >= 15 is 0 Å². The predicted molar refractivity (Wildman–Crippen MR) is 81.5 cm³/mol. The highest BCUT2D eigenvalue weighted by Crippen LogP contribution is 2.10. The number of rotatable bonds is 9. The fourth-order valence-corrected chi connectivity index (χ4v) is 2.23. The van der Waals surface area contributed by atoms with Gasteiger partial charge in [-0.2, -0.15) is 0 Å². The highest BCUT2D eigenvalue weighted by atomic mass is 35.5. The van der Waals surface area contributed by atoms with Gasteiger partial charge in [0.2, 0.25) is 5.91 Å². The third-order valence-electron chi connectivity index (χ3n) is 3.13. The van der Waals surface area contributed by atoms with Crippen LogP contribution in [0.4, 0.5) is 0 Å². The van der Waals surface area contributed by atoms with Crippen LogP contribution in [-0.2, 0) is 11.2 Å². The SMILES string of the molecule is CCCCCCCC(=O)NCCc1cccc(Cl)c1. The first-order valence-electron chi connectivity index (χ1n) is 7.23. The van der Waals surface area contributed by atoms with Crippen LogP contribution >= 0.6 is 11.6 Å². The number of nitrogens with one attached hydrogen (secondary N) is 1. The van der Waals surface area contributed by atoms with E-state index in [0.29, 0.717) is 13.0 Å². The second kappa shape index (κ2) is 9.85. The smallest absolute Gasteiger partial charge is 0.220 e. The topological polar surface area (TPSA) is 29.1 Å². The van der Waals surface area contributed by atoms with Gasteiger partial charge in [0.05, 0.1) is 0 Å². The van der Waals surface area contributed by atoms with Crippen molar-refractivity contribution in [1.82, 2.24) is 5.32 Å². The number of hydrogen-bond acceptors (Lipinski definition) is 1. The molecule has 0 saturated heterocycles. The minimum absolute atomic E-state index is 0.165. The van der Waals surface area contributed by atoms with Gasteiger partial charge in [-0.05, 0) is 30.5 Å². The van der Waals surface area contributed by atoms with E-state index in [1.807, 2.05) is 24.3 Å². The fourth-order valence-electron chi connectivity index (χ4n) is 2.02. The first-order chi connectivity index (χ1) is 9.22. The van der Waals surface area contributed by atoms with Gasteiger partial charge in [-0.1, -0.05) is 56.3 Å². The van der Waals surface area contributed by atoms with Gasteiger partial charge in [0, 0.05) is 18.0 Å². The lowest BCUT2D eigenvalue weighted by atomic mass is 10.1. The molecular formula is C16H24ClNO. The summed E-state index contributed by atoms with van der Waals surface area (Å²) in [6, 6.07) is 7.77. The summed E-state index contributed by atoms with van der Waals surface area (Å²) in [5.41, 5.74) is 1.16. The summed E-state index contributed by atoms with van der Waals surface area (Å²) in [6.45, 7) is 2.89. The number of amides is 1. The summed E-state index contributed by atoms with van der Waals surface area (Å²) < 4.78 is 0. The van der Waals surface area contributed by atoms with E-state index < -0.39 is 0 Å². The molecule has 0 unspecified atom stereocenters. The first-order valence-corrected chi connectivity index (χ1v) is 7.61. The van der Waals surface area contributed by atoms with E-state index in [-0.39, 0.29) is 5.91 Å². The highest BCUT2D eigenvalue weighted by molar-refractivity contribution is 6.30. The van der Waals surface area contributed by atoms with Crippen molar-refractivity contribution < 1.29 is 4.79 Å². The van der Waals surface area contributed by atoms with Crippen LogP contribution in [0.15, 0.2) is 24.3 Å². The van der Waals surface area contributed by atoms with E-state index in [1.165, 1.54) is 19.3 Å². The van der Waals surface area contributed by atoms with E-state index in [1.54, 1.807) is 0 Å². The Morgan fingerprint density at radius 1 is 1.21 bits per heavy atom. The molecule has 1 rings (SSSR count). The molecule has 2 nitrogen and oxygen atoms in total. The molecule has 0 radical (unpaired) electrons. The van der Waals surface area contributed by atoms with Crippen molar-refractivity contribution >= 4 is 17.5 Å². The highest BCUT2D eigenvalue weighted by Gasteiger charge is 2.01. The third-order valence-corrected chi connectivity index (χ3v) is 3.37. The van der Waals surface area contributed by atoms with Gasteiger partial charge in [0.25, 0.3) is 0 Å². The molecule has 1 N–H and O–H groups in total. The van der Waals surface area contributed by atoms with Gasteiger partial charge >= 0.3 is 0 Å². The molecule has 0 bridgehead atoms. The molecule has 0 heterocycles. The molecule has 1 amide bonds. The Kier molecular flexibility index (Phi) is 8.31. The van der Waals surface area contributed by atoms with Crippen molar-refractivity contribution in [2.75, 3.05) is 6.54 Å². The maximum Gasteiger partial charge on any atom is 0.220 e. The largest absolute Gasteiger partial charge is 0.356 e. The summed E-state index contributed by atoms with van der Waals surface area (Å²) >= 11 is 5.91. The lowest BCUT2D eigenvalue weighted by molar-refractivity contribution is -0.121. The first kappa shape index (κ1) is 16.0. The van der Waals surface area contributed by atoms with Crippen LogP contribution in [0, 0.1) is 0 Å². The minimum atomic E-state index is 0.165. The van der Waals surface area contributed by atoms with Gasteiger partial charge in [-0.15, -0.1) is 0 Å². The Hall–Kier alpha value is -1.02. The van der Waals surface area contributed by atoms with Gasteiger partial charge in [-0.3, -0.25) is 4.79 Å². The molecule has 1 aromatic carbocycles. The number of unbranched alkanes of at least 4 members (excludes halogenated alkanes) is 4. The fraction of sp³-hybridized carbons (Fsp3) is 0.562. The molecule has 3 heteroatoms. The zero-order chi connectivity index (χ0) is 13.9. The number of carbonyl (C=O) groups excluding carboxylic acids is 1. The van der Waals surface area contributed by atoms with Crippen LogP contribution in [0.2, 0.25) is 5.02 Å². The van der Waals surface area contributed by atoms with Gasteiger partial charge in [-0.25, -0.2) is 0 Å². The summed E-state index contributed by atoms with van der Waals surface area (Å²) in [5.74, 6) is 0.165. The quantitative estimate of drug-likeness (QED) is 0.670. The molecule has 0 aliphatic heterocycles. The monoisotopic (exact) mass is 281 g/mol. The molecule has 106 valence electrons. The van der Waals surface area contributed by atoms with Gasteiger partial charge in [0.1, 0.15) is 0 Å². The number of carbonyl (C=O) groups is 1. The number of halogens is 1. The average Bonchev–Trinajstić information content (AvgIpc) is 2.38. The third kappa shape index (κ3) is 7.89. The molecule has 0 spiro atoms. The van der Waals surface area contributed by atoms with Crippen LogP contribution in [-0.4, -0.2) is 12.5 Å². The molecular weight excluding hydrogens is 258 g/mol. The van der Waals surface area contributed by atoms with Crippen LogP contribution in [0.1, 0.15) is 51.0 Å². The van der Waals surface area contributed by atoms with E-state index in [9.17, 15) is 4.79 Å². The molecule has 1 aromatic rings. The van der Waals surface area contributed by atoms with Crippen LogP contribution < -0.4 is 5.32 Å². The minimum Gasteiger partial charge on any atom is -0.356 e. The molecule has 0 fully saturated rings. The molecule has 0 aliphatic carbocycles. The molecule has 19 heavy (non-hydrogen) atoms. The molecule has 0 aromatic heterocycles. The standard InChI is InChI=1S/C16H24ClNO/c1-2-3-4-5-6-10-16(19)18-12-11-14-8-7-9-15(17)13-14/h7-9,13H,2-6,10-12H2,1H3,(H,18,19). The number of hydrogen-bond donors (Lipinski definition) is 1. The Morgan fingerprint density at radius 3 is 2.74 bits per heavy atom. The lowest BCUT2D eigenvalue weighted by Gasteiger charge is -2.05. The van der Waals surface area contributed by atoms with Crippen molar-refractivity contribution in [2.24, 2.45) is 0 Å². The van der Waals surface area contributed by atoms with E-state index in [2.05, 4.69) is 12.2 Å². The zero-order valence-electron chi connectivity index (χ0n) is 11.8. The summed E-state index contributed by atoms with van der Waals surface area (Å²) in [5, 5.41) is 3.71. The van der Waals surface area contributed by atoms with E-state index in [4.69, 9.17) is 11.6 Å². The Labute approximate surface area is 121 Å². The van der Waals surface area contributed by atoms with Crippen LogP contribution in [0.3, 0.4) is 0 Å². The molecule has 0 atom stereocenters. The maximum absolute atomic E-state index is 11.6. The summed E-state index contributed by atoms with van der Waals surface area (Å²) in [6.07, 6.45) is 7.41. The lowest BCUT2D eigenvalue weighted by Crippen LogP contribution is -2.25. The van der Waals surface area contributed by atoms with Crippen molar-refractivity contribution in [2.45, 2.75) is 51.9 Å². The number of benzene rings is 1. The van der Waals surface area contributed by atoms with Crippen molar-refractivity contribution in [3.8, 4) is 0 Å². The Morgan fingerprint density at radius 2 is 2.00 bits per heavy atom. The predicted octanol–water partition coefficient (Wildman–Crippen LogP) is 4.36. The van der Waals surface area contributed by atoms with E-state index in [0.717, 1.165) is 29.8 Å². The van der Waals surface area contributed by atoms with Gasteiger partial charge in [0.15, 0.2) is 0 Å². The molecule has 0 aliphatic rings. The second-order valence-electron chi connectivity index (χ2n) is 4.89. The maximum atomic E-state index is 11.6. The Balaban J connectivity index is 2.07. The average molecular weight is 282 g/mol. The van der Waals surface area contributed by atoms with Crippen molar-refractivity contribution in [3.63, 3.8) is 0 Å². The van der Waals surface area contributed by atoms with Crippen LogP contribution in [0.5, 0.6) is 0 Å². The second-order valence-corrected chi connectivity index (χ2v) is 5.33. The summed E-state index contributed by atoms with van der Waals surface area (Å²) in [4.78, 5) is 11.6.